The van der Waals surface area contributed by atoms with Gasteiger partial charge in [-0.25, -0.2) is 4.79 Å². The first kappa shape index (κ1) is 42.4. The minimum atomic E-state index is -0.407. The minimum absolute atomic E-state index is 0.155. The highest BCUT2D eigenvalue weighted by Crippen LogP contribution is 2.22. The Bertz CT molecular complexity index is 1310. The number of Topliss-reactive ketones (excluding diaryl/α,β-unsaturated/α-hetero) is 1. The molecule has 2 aromatic rings. The number of rotatable bonds is 13. The first-order valence-electron chi connectivity index (χ1n) is 18.1. The van der Waals surface area contributed by atoms with Gasteiger partial charge in [-0.15, -0.1) is 0 Å². The van der Waals surface area contributed by atoms with Gasteiger partial charge in [-0.3, -0.25) is 14.5 Å². The summed E-state index contributed by atoms with van der Waals surface area (Å²) in [4.78, 5) is 40.0. The van der Waals surface area contributed by atoms with Crippen molar-refractivity contribution in [2.75, 3.05) is 64.9 Å². The van der Waals surface area contributed by atoms with Crippen molar-refractivity contribution in [2.45, 2.75) is 92.2 Å². The van der Waals surface area contributed by atoms with Gasteiger partial charge in [0.05, 0.1) is 6.61 Å². The second kappa shape index (κ2) is 23.6. The second-order valence-corrected chi connectivity index (χ2v) is 13.3. The summed E-state index contributed by atoms with van der Waals surface area (Å²) < 4.78 is 10.5. The summed E-state index contributed by atoms with van der Waals surface area (Å²) >= 11 is 0. The number of piperidine rings is 1. The van der Waals surface area contributed by atoms with E-state index in [-0.39, 0.29) is 12.4 Å². The van der Waals surface area contributed by atoms with E-state index in [0.29, 0.717) is 37.3 Å². The Balaban J connectivity index is 0.000000300. The lowest BCUT2D eigenvalue weighted by atomic mass is 10.0. The number of ether oxygens (including phenoxy) is 2. The van der Waals surface area contributed by atoms with Gasteiger partial charge in [-0.2, -0.15) is 0 Å². The van der Waals surface area contributed by atoms with Crippen molar-refractivity contribution < 1.29 is 29.0 Å². The van der Waals surface area contributed by atoms with Crippen LogP contribution in [0.4, 0.5) is 10.5 Å². The third-order valence-corrected chi connectivity index (χ3v) is 9.09. The molecular formula is C40H62N4O6. The number of amides is 2. The van der Waals surface area contributed by atoms with E-state index in [9.17, 15) is 19.5 Å². The molecule has 2 fully saturated rings. The summed E-state index contributed by atoms with van der Waals surface area (Å²) in [5, 5.41) is 12.1. The molecule has 10 heteroatoms. The number of phenols is 1. The fourth-order valence-electron chi connectivity index (χ4n) is 6.30. The molecule has 50 heavy (non-hydrogen) atoms. The maximum Gasteiger partial charge on any atom is 0.410 e. The Kier molecular flexibility index (Phi) is 20.1. The van der Waals surface area contributed by atoms with Crippen molar-refractivity contribution in [1.82, 2.24) is 14.7 Å². The average molecular weight is 695 g/mol. The van der Waals surface area contributed by atoms with E-state index >= 15 is 0 Å². The maximum atomic E-state index is 11.9. The van der Waals surface area contributed by atoms with Crippen molar-refractivity contribution in [3.63, 3.8) is 0 Å². The number of anilines is 1. The van der Waals surface area contributed by atoms with Crippen LogP contribution in [0, 0.1) is 20.8 Å². The zero-order valence-corrected chi connectivity index (χ0v) is 31.6. The van der Waals surface area contributed by atoms with Crippen molar-refractivity contribution in [3.8, 4) is 5.75 Å². The fraction of sp³-hybridized carbons (Fsp3) is 0.575. The third-order valence-electron chi connectivity index (χ3n) is 9.09. The second-order valence-electron chi connectivity index (χ2n) is 13.3. The molecule has 2 aromatic carbocycles. The molecule has 2 aliphatic rings. The van der Waals surface area contributed by atoms with Crippen LogP contribution in [0.15, 0.2) is 48.6 Å². The van der Waals surface area contributed by atoms with E-state index < -0.39 is 6.09 Å². The number of phenolic OH excluding ortho intramolecular Hbond substituents is 1. The van der Waals surface area contributed by atoms with Gasteiger partial charge in [-0.05, 0) is 109 Å². The van der Waals surface area contributed by atoms with E-state index in [1.165, 1.54) is 38.3 Å². The molecule has 4 rings (SSSR count). The predicted molar refractivity (Wildman–Crippen MR) is 202 cm³/mol. The molecule has 0 radical (unpaired) electrons. The van der Waals surface area contributed by atoms with E-state index in [2.05, 4.69) is 48.2 Å². The van der Waals surface area contributed by atoms with Crippen molar-refractivity contribution in [1.29, 1.82) is 0 Å². The number of aromatic hydroxyl groups is 1. The zero-order chi connectivity index (χ0) is 36.9. The molecule has 0 aromatic heterocycles. The first-order valence-corrected chi connectivity index (χ1v) is 18.1. The number of nitrogens with zero attached hydrogens (tertiary/aromatic N) is 3. The number of carbonyl (C=O) groups excluding carboxylic acids is 3. The number of nitrogens with one attached hydrogen (secondary N) is 1. The van der Waals surface area contributed by atoms with Crippen LogP contribution in [-0.4, -0.2) is 110 Å². The molecule has 1 atom stereocenters. The van der Waals surface area contributed by atoms with Gasteiger partial charge in [0.15, 0.2) is 12.4 Å². The number of benzene rings is 2. The van der Waals surface area contributed by atoms with Crippen LogP contribution in [0.5, 0.6) is 5.75 Å². The molecule has 278 valence electrons. The maximum absolute atomic E-state index is 11.9. The number of likely N-dealkylation sites (N-methyl/N-ethyl adjacent to an activating group) is 1. The molecule has 0 aliphatic carbocycles. The van der Waals surface area contributed by atoms with Crippen LogP contribution in [0.25, 0.3) is 0 Å². The average Bonchev–Trinajstić information content (AvgIpc) is 3.12. The number of hydrogen-bond acceptors (Lipinski definition) is 8. The zero-order valence-electron chi connectivity index (χ0n) is 31.6. The van der Waals surface area contributed by atoms with E-state index in [0.717, 1.165) is 67.9 Å². The summed E-state index contributed by atoms with van der Waals surface area (Å²) in [6, 6.07) is 12.8. The van der Waals surface area contributed by atoms with Crippen LogP contribution in [0.3, 0.4) is 0 Å². The number of para-hydroxylation sites is 1. The molecule has 0 spiro atoms. The third kappa shape index (κ3) is 15.4. The molecule has 2 N–H and O–H groups in total. The molecule has 0 saturated carbocycles. The number of ketones is 1. The number of likely N-dealkylation sites (tertiary alicyclic amines) is 1. The quantitative estimate of drug-likeness (QED) is 0.176. The molecule has 2 amide bonds. The molecular weight excluding hydrogens is 632 g/mol. The van der Waals surface area contributed by atoms with Crippen LogP contribution in [0.1, 0.15) is 75.1 Å². The number of carbonyl (C=O) groups is 3. The Hall–Kier alpha value is -3.73. The Morgan fingerprint density at radius 1 is 1.06 bits per heavy atom. The van der Waals surface area contributed by atoms with Crippen LogP contribution in [-0.2, 0) is 25.5 Å². The van der Waals surface area contributed by atoms with Gasteiger partial charge in [-0.1, -0.05) is 55.0 Å². The van der Waals surface area contributed by atoms with Gasteiger partial charge >= 0.3 is 6.09 Å². The lowest BCUT2D eigenvalue weighted by molar-refractivity contribution is -0.120. The molecule has 2 aliphatic heterocycles. The highest BCUT2D eigenvalue weighted by atomic mass is 16.6. The van der Waals surface area contributed by atoms with Gasteiger partial charge in [0.1, 0.15) is 5.75 Å². The van der Waals surface area contributed by atoms with Crippen molar-refractivity contribution in [3.05, 3.63) is 70.8 Å². The number of hydrogen-bond donors (Lipinski definition) is 2. The number of allylic oxidation sites excluding steroid dienone is 1. The lowest BCUT2D eigenvalue weighted by Gasteiger charge is -2.36. The molecule has 1 unspecified atom stereocenters. The van der Waals surface area contributed by atoms with Crippen molar-refractivity contribution >= 4 is 24.0 Å². The highest BCUT2D eigenvalue weighted by Gasteiger charge is 2.26. The van der Waals surface area contributed by atoms with Crippen molar-refractivity contribution in [2.24, 2.45) is 0 Å². The molecule has 2 saturated heterocycles. The molecule has 0 bridgehead atoms. The van der Waals surface area contributed by atoms with Crippen LogP contribution < -0.4 is 5.32 Å². The molecule has 10 nitrogen and oxygen atoms in total. The first-order chi connectivity index (χ1) is 24.0. The Morgan fingerprint density at radius 2 is 1.74 bits per heavy atom. The Morgan fingerprint density at radius 3 is 2.32 bits per heavy atom. The van der Waals surface area contributed by atoms with Gasteiger partial charge in [0.25, 0.3) is 0 Å². The van der Waals surface area contributed by atoms with E-state index in [1.807, 2.05) is 57.2 Å². The van der Waals surface area contributed by atoms with E-state index in [1.54, 1.807) is 4.90 Å². The summed E-state index contributed by atoms with van der Waals surface area (Å²) in [5.41, 5.74) is 5.07. The number of aryl methyl sites for hydroxylation is 3. The SMILES string of the molecule is C/C=C/CN(CCC)C1CCCOC1.CC(=O)COC(=O)N1CCC(N(C)CCc2ccccc2NC=O)CC1.Cc1cc(C)c(O)c(C)c1. The summed E-state index contributed by atoms with van der Waals surface area (Å²) in [6.07, 6.45) is 11.0. The topological polar surface area (TPSA) is 112 Å². The normalized spacial score (nSPS) is 16.3. The standard InChI is InChI=1S/C19H27N3O4.C12H23NO.C9H12O/c1-15(24)13-26-19(25)22-11-8-17(9-12-22)21(2)10-7-16-5-3-4-6-18(16)20-14-23;1-3-5-9-13(8-4-2)12-7-6-10-14-11-12;1-6-4-7(2)9(10)8(3)5-6/h3-6,14,17H,7-13H2,1-2H3,(H,20,23);3,5,12H,4,6-11H2,1-2H3;4-5,10H,1-3H3/b;5-3+;. The molecule has 2 heterocycles. The lowest BCUT2D eigenvalue weighted by Crippen LogP contribution is -2.46. The van der Waals surface area contributed by atoms with E-state index in [4.69, 9.17) is 9.47 Å². The smallest absolute Gasteiger partial charge is 0.410 e. The summed E-state index contributed by atoms with van der Waals surface area (Å²) in [5.74, 6) is 0.267. The van der Waals surface area contributed by atoms with Gasteiger partial charge in [0.2, 0.25) is 6.41 Å². The largest absolute Gasteiger partial charge is 0.507 e. The van der Waals surface area contributed by atoms with Crippen LogP contribution >= 0.6 is 0 Å². The highest BCUT2D eigenvalue weighted by molar-refractivity contribution is 5.79. The Labute approximate surface area is 300 Å². The minimum Gasteiger partial charge on any atom is -0.507 e. The fourth-order valence-corrected chi connectivity index (χ4v) is 6.30. The van der Waals surface area contributed by atoms with Gasteiger partial charge < -0.3 is 29.7 Å². The summed E-state index contributed by atoms with van der Waals surface area (Å²) in [6.45, 7) is 17.7. The van der Waals surface area contributed by atoms with Crippen LogP contribution in [0.2, 0.25) is 0 Å². The predicted octanol–water partition coefficient (Wildman–Crippen LogP) is 6.69. The summed E-state index contributed by atoms with van der Waals surface area (Å²) in [7, 11) is 2.09. The van der Waals surface area contributed by atoms with Gasteiger partial charge in [0, 0.05) is 50.6 Å². The monoisotopic (exact) mass is 694 g/mol.